The van der Waals surface area contributed by atoms with Crippen LogP contribution in [0.2, 0.25) is 0 Å². The number of fused-ring (bicyclic) bond motifs is 1. The first kappa shape index (κ1) is 22.3. The molecule has 7 nitrogen and oxygen atoms in total. The summed E-state index contributed by atoms with van der Waals surface area (Å²) in [5, 5.41) is 6.36. The lowest BCUT2D eigenvalue weighted by atomic mass is 10.1. The third kappa shape index (κ3) is 5.35. The molecule has 1 amide bonds. The lowest BCUT2D eigenvalue weighted by molar-refractivity contribution is -0.116. The Hall–Kier alpha value is -4.52. The van der Waals surface area contributed by atoms with Crippen molar-refractivity contribution in [3.8, 4) is 5.82 Å². The normalized spacial score (nSPS) is 11.8. The van der Waals surface area contributed by atoms with Crippen LogP contribution in [0.5, 0.6) is 0 Å². The van der Waals surface area contributed by atoms with Crippen LogP contribution in [0.15, 0.2) is 97.5 Å². The van der Waals surface area contributed by atoms with Gasteiger partial charge in [-0.25, -0.2) is 9.97 Å². The molecule has 0 aliphatic carbocycles. The van der Waals surface area contributed by atoms with Gasteiger partial charge in [-0.1, -0.05) is 60.7 Å². The lowest BCUT2D eigenvalue weighted by Crippen LogP contribution is -2.12. The van der Waals surface area contributed by atoms with E-state index in [0.717, 1.165) is 27.8 Å². The van der Waals surface area contributed by atoms with Gasteiger partial charge in [-0.15, -0.1) is 0 Å². The molecule has 1 unspecified atom stereocenters. The Morgan fingerprint density at radius 3 is 2.51 bits per heavy atom. The van der Waals surface area contributed by atoms with Gasteiger partial charge in [0.25, 0.3) is 0 Å². The highest BCUT2D eigenvalue weighted by molar-refractivity contribution is 5.93. The van der Waals surface area contributed by atoms with E-state index in [1.54, 1.807) is 12.5 Å². The number of aromatic nitrogens is 4. The minimum atomic E-state index is -0.0253. The van der Waals surface area contributed by atoms with E-state index < -0.39 is 0 Å². The fourth-order valence-electron chi connectivity index (χ4n) is 3.97. The molecule has 0 radical (unpaired) electrons. The average molecular weight is 463 g/mol. The summed E-state index contributed by atoms with van der Waals surface area (Å²) in [7, 11) is 0. The highest BCUT2D eigenvalue weighted by Gasteiger charge is 2.11. The third-order valence-electron chi connectivity index (χ3n) is 5.85. The predicted octanol–water partition coefficient (Wildman–Crippen LogP) is 5.56. The summed E-state index contributed by atoms with van der Waals surface area (Å²) in [6.45, 7) is 2.07. The summed E-state index contributed by atoms with van der Waals surface area (Å²) in [5.74, 6) is 1.20. The van der Waals surface area contributed by atoms with Crippen LogP contribution in [0.3, 0.4) is 0 Å². The van der Waals surface area contributed by atoms with E-state index in [4.69, 9.17) is 4.98 Å². The Morgan fingerprint density at radius 2 is 1.71 bits per heavy atom. The molecule has 2 N–H and O–H groups in total. The van der Waals surface area contributed by atoms with Crippen LogP contribution in [0.4, 0.5) is 11.6 Å². The van der Waals surface area contributed by atoms with Gasteiger partial charge < -0.3 is 10.6 Å². The van der Waals surface area contributed by atoms with E-state index in [1.807, 2.05) is 77.4 Å². The van der Waals surface area contributed by atoms with E-state index in [0.29, 0.717) is 24.6 Å². The second-order valence-electron chi connectivity index (χ2n) is 8.37. The van der Waals surface area contributed by atoms with Crippen molar-refractivity contribution < 1.29 is 4.79 Å². The number of hydrogen-bond donors (Lipinski definition) is 2. The van der Waals surface area contributed by atoms with Crippen molar-refractivity contribution in [2.24, 2.45) is 0 Å². The first-order chi connectivity index (χ1) is 17.2. The third-order valence-corrected chi connectivity index (χ3v) is 5.85. The van der Waals surface area contributed by atoms with Gasteiger partial charge in [0.1, 0.15) is 12.1 Å². The molecule has 0 aliphatic rings. The van der Waals surface area contributed by atoms with Crippen molar-refractivity contribution in [1.82, 2.24) is 19.5 Å². The molecule has 0 bridgehead atoms. The van der Waals surface area contributed by atoms with Crippen LogP contribution in [0, 0.1) is 0 Å². The molecule has 5 aromatic rings. The maximum absolute atomic E-state index is 12.5. The Balaban J connectivity index is 1.32. The van der Waals surface area contributed by atoms with Crippen molar-refractivity contribution in [2.75, 3.05) is 10.6 Å². The molecular formula is C28H26N6O. The number of benzene rings is 3. The zero-order valence-electron chi connectivity index (χ0n) is 19.4. The maximum Gasteiger partial charge on any atom is 0.225 e. The van der Waals surface area contributed by atoms with Crippen LogP contribution < -0.4 is 10.6 Å². The number of imidazole rings is 1. The first-order valence-electron chi connectivity index (χ1n) is 11.6. The molecule has 35 heavy (non-hydrogen) atoms. The zero-order chi connectivity index (χ0) is 24.0. The number of aryl methyl sites for hydroxylation is 1. The number of nitrogens with zero attached hydrogens (tertiary/aromatic N) is 4. The molecule has 0 saturated heterocycles. The molecule has 0 fully saturated rings. The van der Waals surface area contributed by atoms with Crippen LogP contribution in [0.1, 0.15) is 30.5 Å². The van der Waals surface area contributed by atoms with E-state index >= 15 is 0 Å². The van der Waals surface area contributed by atoms with Crippen molar-refractivity contribution in [3.63, 3.8) is 0 Å². The Labute approximate surface area is 203 Å². The van der Waals surface area contributed by atoms with Crippen LogP contribution in [0.25, 0.3) is 16.9 Å². The molecule has 2 heterocycles. The molecule has 2 aromatic heterocycles. The smallest absolute Gasteiger partial charge is 0.225 e. The summed E-state index contributed by atoms with van der Waals surface area (Å²) in [5.41, 5.74) is 4.69. The van der Waals surface area contributed by atoms with Gasteiger partial charge >= 0.3 is 0 Å². The summed E-state index contributed by atoms with van der Waals surface area (Å²) >= 11 is 0. The summed E-state index contributed by atoms with van der Waals surface area (Å²) in [6, 6.07) is 27.8. The largest absolute Gasteiger partial charge is 0.348 e. The van der Waals surface area contributed by atoms with Gasteiger partial charge in [0.15, 0.2) is 0 Å². The van der Waals surface area contributed by atoms with Crippen LogP contribution >= 0.6 is 0 Å². The number of carbonyl (C=O) groups excluding carboxylic acids is 1. The van der Waals surface area contributed by atoms with Crippen molar-refractivity contribution in [2.45, 2.75) is 25.8 Å². The monoisotopic (exact) mass is 462 g/mol. The molecule has 0 spiro atoms. The number of rotatable bonds is 8. The van der Waals surface area contributed by atoms with Gasteiger partial charge in [-0.05, 0) is 48.7 Å². The fraction of sp³-hybridized carbons (Fsp3) is 0.143. The van der Waals surface area contributed by atoms with E-state index in [-0.39, 0.29) is 11.9 Å². The molecule has 0 aliphatic heterocycles. The van der Waals surface area contributed by atoms with Gasteiger partial charge in [0.05, 0.1) is 17.1 Å². The van der Waals surface area contributed by atoms with Gasteiger partial charge in [-0.2, -0.15) is 4.98 Å². The first-order valence-corrected chi connectivity index (χ1v) is 11.6. The molecule has 174 valence electrons. The van der Waals surface area contributed by atoms with Crippen LogP contribution in [-0.4, -0.2) is 25.4 Å². The number of carbonyl (C=O) groups is 1. The molecule has 3 aromatic carbocycles. The van der Waals surface area contributed by atoms with Crippen molar-refractivity contribution in [1.29, 1.82) is 0 Å². The Morgan fingerprint density at radius 1 is 0.943 bits per heavy atom. The molecule has 7 heteroatoms. The number of anilines is 2. The van der Waals surface area contributed by atoms with Crippen LogP contribution in [-0.2, 0) is 11.2 Å². The molecule has 0 saturated carbocycles. The van der Waals surface area contributed by atoms with Gasteiger partial charge in [0, 0.05) is 18.3 Å². The second kappa shape index (κ2) is 10.2. The summed E-state index contributed by atoms with van der Waals surface area (Å²) in [4.78, 5) is 26.1. The molecule has 5 rings (SSSR count). The standard InChI is InChI=1S/C28H26N6O/c1-20(22-10-6-3-7-11-22)31-28-29-17-16-26(33-28)34-19-30-24-14-13-23(18-25(24)34)32-27(35)15-12-21-8-4-2-5-9-21/h2-11,13-14,16-20H,12,15H2,1H3,(H,32,35)(H,29,31,33). The van der Waals surface area contributed by atoms with Gasteiger partial charge in [-0.3, -0.25) is 9.36 Å². The maximum atomic E-state index is 12.5. The van der Waals surface area contributed by atoms with E-state index in [2.05, 4.69) is 39.7 Å². The highest BCUT2D eigenvalue weighted by Crippen LogP contribution is 2.23. The quantitative estimate of drug-likeness (QED) is 0.315. The van der Waals surface area contributed by atoms with E-state index in [9.17, 15) is 4.79 Å². The predicted molar refractivity (Wildman–Crippen MR) is 139 cm³/mol. The minimum absolute atomic E-state index is 0.0253. The topological polar surface area (TPSA) is 84.7 Å². The molecule has 1 atom stereocenters. The average Bonchev–Trinajstić information content (AvgIpc) is 3.32. The Bertz CT molecular complexity index is 1430. The number of hydrogen-bond acceptors (Lipinski definition) is 5. The van der Waals surface area contributed by atoms with Gasteiger partial charge in [0.2, 0.25) is 11.9 Å². The Kier molecular flexibility index (Phi) is 6.48. The zero-order valence-corrected chi connectivity index (χ0v) is 19.4. The fourth-order valence-corrected chi connectivity index (χ4v) is 3.97. The summed E-state index contributed by atoms with van der Waals surface area (Å²) < 4.78 is 1.90. The molecular weight excluding hydrogens is 436 g/mol. The SMILES string of the molecule is CC(Nc1nccc(-n2cnc3ccc(NC(=O)CCc4ccccc4)cc32)n1)c1ccccc1. The summed E-state index contributed by atoms with van der Waals surface area (Å²) in [6.07, 6.45) is 4.58. The van der Waals surface area contributed by atoms with Crippen molar-refractivity contribution >= 4 is 28.6 Å². The second-order valence-corrected chi connectivity index (χ2v) is 8.37. The number of nitrogens with one attached hydrogen (secondary N) is 2. The minimum Gasteiger partial charge on any atom is -0.348 e. The lowest BCUT2D eigenvalue weighted by Gasteiger charge is -2.14. The highest BCUT2D eigenvalue weighted by atomic mass is 16.1. The van der Waals surface area contributed by atoms with E-state index in [1.165, 1.54) is 0 Å². The van der Waals surface area contributed by atoms with Crippen molar-refractivity contribution in [3.05, 3.63) is 109 Å². The number of amides is 1.